The fourth-order valence-electron chi connectivity index (χ4n) is 3.09. The number of rotatable bonds is 8. The van der Waals surface area contributed by atoms with Crippen molar-refractivity contribution in [3.63, 3.8) is 0 Å². The number of unbranched alkanes of at least 4 members (excludes halogenated alkanes) is 1. The van der Waals surface area contributed by atoms with E-state index in [1.165, 1.54) is 0 Å². The number of piperidine rings is 1. The number of para-hydroxylation sites is 1. The Morgan fingerprint density at radius 2 is 2.12 bits per heavy atom. The Labute approximate surface area is 156 Å². The highest BCUT2D eigenvalue weighted by atomic mass is 16.5. The summed E-state index contributed by atoms with van der Waals surface area (Å²) in [6, 6.07) is 9.87. The van der Waals surface area contributed by atoms with Gasteiger partial charge in [0.25, 0.3) is 0 Å². The highest BCUT2D eigenvalue weighted by Gasteiger charge is 2.28. The predicted octanol–water partition coefficient (Wildman–Crippen LogP) is 2.70. The van der Waals surface area contributed by atoms with E-state index in [4.69, 9.17) is 9.47 Å². The predicted molar refractivity (Wildman–Crippen MR) is 103 cm³/mol. The van der Waals surface area contributed by atoms with Crippen LogP contribution in [-0.4, -0.2) is 56.7 Å². The lowest BCUT2D eigenvalue weighted by atomic mass is 9.98. The van der Waals surface area contributed by atoms with Gasteiger partial charge in [0.1, 0.15) is 5.75 Å². The maximum absolute atomic E-state index is 12.0. The van der Waals surface area contributed by atoms with Crippen molar-refractivity contribution >= 4 is 11.9 Å². The van der Waals surface area contributed by atoms with Crippen LogP contribution in [0.15, 0.2) is 35.3 Å². The van der Waals surface area contributed by atoms with Gasteiger partial charge in [-0.25, -0.2) is 0 Å². The third-order valence-electron chi connectivity index (χ3n) is 4.42. The third-order valence-corrected chi connectivity index (χ3v) is 4.42. The molecule has 144 valence electrons. The molecule has 1 saturated heterocycles. The van der Waals surface area contributed by atoms with Crippen LogP contribution in [0.5, 0.6) is 5.75 Å². The van der Waals surface area contributed by atoms with E-state index in [-0.39, 0.29) is 11.9 Å². The summed E-state index contributed by atoms with van der Waals surface area (Å²) in [7, 11) is 1.79. The zero-order valence-corrected chi connectivity index (χ0v) is 15.9. The molecule has 6 nitrogen and oxygen atoms in total. The Morgan fingerprint density at radius 3 is 2.85 bits per heavy atom. The number of likely N-dealkylation sites (tertiary alicyclic amines) is 1. The van der Waals surface area contributed by atoms with Crippen LogP contribution in [0.1, 0.15) is 32.6 Å². The lowest BCUT2D eigenvalue weighted by molar-refractivity contribution is -0.149. The van der Waals surface area contributed by atoms with Crippen LogP contribution in [0, 0.1) is 5.92 Å². The molecular weight excluding hydrogens is 330 g/mol. The Balaban J connectivity index is 1.66. The van der Waals surface area contributed by atoms with Crippen molar-refractivity contribution in [1.29, 1.82) is 0 Å². The van der Waals surface area contributed by atoms with Gasteiger partial charge in [-0.3, -0.25) is 9.79 Å². The second-order valence-electron chi connectivity index (χ2n) is 6.38. The first-order chi connectivity index (χ1) is 12.7. The molecule has 0 radical (unpaired) electrons. The van der Waals surface area contributed by atoms with Gasteiger partial charge in [0.2, 0.25) is 0 Å². The van der Waals surface area contributed by atoms with Crippen LogP contribution in [0.4, 0.5) is 0 Å². The Kier molecular flexibility index (Phi) is 8.79. The Bertz CT molecular complexity index is 563. The third kappa shape index (κ3) is 6.58. The molecule has 1 heterocycles. The van der Waals surface area contributed by atoms with Gasteiger partial charge in [-0.1, -0.05) is 18.2 Å². The van der Waals surface area contributed by atoms with Crippen LogP contribution < -0.4 is 10.1 Å². The highest BCUT2D eigenvalue weighted by Crippen LogP contribution is 2.18. The number of carbonyl (C=O) groups is 1. The molecule has 0 spiro atoms. The van der Waals surface area contributed by atoms with Crippen molar-refractivity contribution in [3.8, 4) is 5.75 Å². The molecule has 1 unspecified atom stereocenters. The zero-order valence-electron chi connectivity index (χ0n) is 15.9. The molecule has 1 atom stereocenters. The van der Waals surface area contributed by atoms with Crippen molar-refractivity contribution in [2.24, 2.45) is 10.9 Å². The van der Waals surface area contributed by atoms with E-state index in [2.05, 4.69) is 15.2 Å². The molecule has 1 aliphatic rings. The number of guanidine groups is 1. The van der Waals surface area contributed by atoms with E-state index >= 15 is 0 Å². The molecule has 0 aromatic heterocycles. The largest absolute Gasteiger partial charge is 0.494 e. The molecule has 1 aliphatic heterocycles. The smallest absolute Gasteiger partial charge is 0.310 e. The van der Waals surface area contributed by atoms with Crippen LogP contribution in [0.2, 0.25) is 0 Å². The van der Waals surface area contributed by atoms with E-state index in [1.54, 1.807) is 7.05 Å². The summed E-state index contributed by atoms with van der Waals surface area (Å²) in [6.45, 7) is 5.43. The minimum absolute atomic E-state index is 0.0541. The molecule has 1 aromatic rings. The lowest BCUT2D eigenvalue weighted by Crippen LogP contribution is -2.48. The summed E-state index contributed by atoms with van der Waals surface area (Å²) < 4.78 is 10.9. The van der Waals surface area contributed by atoms with Gasteiger partial charge in [-0.15, -0.1) is 0 Å². The quantitative estimate of drug-likeness (QED) is 0.334. The maximum Gasteiger partial charge on any atom is 0.310 e. The van der Waals surface area contributed by atoms with Crippen LogP contribution in [0.25, 0.3) is 0 Å². The molecule has 1 aromatic carbocycles. The van der Waals surface area contributed by atoms with Crippen molar-refractivity contribution in [3.05, 3.63) is 30.3 Å². The van der Waals surface area contributed by atoms with Gasteiger partial charge in [-0.2, -0.15) is 0 Å². The number of nitrogens with zero attached hydrogens (tertiary/aromatic N) is 2. The van der Waals surface area contributed by atoms with Gasteiger partial charge in [-0.05, 0) is 44.7 Å². The minimum atomic E-state index is -0.0919. The summed E-state index contributed by atoms with van der Waals surface area (Å²) in [5, 5.41) is 3.40. The van der Waals surface area contributed by atoms with Gasteiger partial charge >= 0.3 is 5.97 Å². The number of benzene rings is 1. The number of ether oxygens (including phenoxy) is 2. The summed E-state index contributed by atoms with van der Waals surface area (Å²) in [5.41, 5.74) is 0. The molecule has 0 aliphatic carbocycles. The normalized spacial score (nSPS) is 17.7. The van der Waals surface area contributed by atoms with E-state index in [0.717, 1.165) is 50.5 Å². The summed E-state index contributed by atoms with van der Waals surface area (Å²) in [5.74, 6) is 1.63. The zero-order chi connectivity index (χ0) is 18.6. The Hall–Kier alpha value is -2.24. The number of aliphatic imine (C=N–C) groups is 1. The fraction of sp³-hybridized carbons (Fsp3) is 0.600. The van der Waals surface area contributed by atoms with E-state index < -0.39 is 0 Å². The molecular formula is C20H31N3O3. The highest BCUT2D eigenvalue weighted by molar-refractivity contribution is 5.81. The van der Waals surface area contributed by atoms with Gasteiger partial charge < -0.3 is 19.7 Å². The SMILES string of the molecule is CCOC(=O)C1CCCN(C(=NC)NCCCCOc2ccccc2)C1. The van der Waals surface area contributed by atoms with Gasteiger partial charge in [0.15, 0.2) is 5.96 Å². The van der Waals surface area contributed by atoms with Crippen LogP contribution in [0.3, 0.4) is 0 Å². The van der Waals surface area contributed by atoms with Crippen molar-refractivity contribution in [2.75, 3.05) is 39.9 Å². The lowest BCUT2D eigenvalue weighted by Gasteiger charge is -2.33. The standard InChI is InChI=1S/C20H31N3O3/c1-3-25-19(24)17-10-9-14-23(16-17)20(21-2)22-13-7-8-15-26-18-11-5-4-6-12-18/h4-6,11-12,17H,3,7-10,13-16H2,1-2H3,(H,21,22). The summed E-state index contributed by atoms with van der Waals surface area (Å²) >= 11 is 0. The number of hydrogen-bond donors (Lipinski definition) is 1. The van der Waals surface area contributed by atoms with E-state index in [0.29, 0.717) is 19.8 Å². The number of carbonyl (C=O) groups excluding carboxylic acids is 1. The van der Waals surface area contributed by atoms with Crippen LogP contribution in [-0.2, 0) is 9.53 Å². The topological polar surface area (TPSA) is 63.2 Å². The molecule has 0 saturated carbocycles. The number of esters is 1. The van der Waals surface area contributed by atoms with Gasteiger partial charge in [0, 0.05) is 26.7 Å². The fourth-order valence-corrected chi connectivity index (χ4v) is 3.09. The average Bonchev–Trinajstić information content (AvgIpc) is 2.68. The molecule has 1 N–H and O–H groups in total. The number of hydrogen-bond acceptors (Lipinski definition) is 4. The summed E-state index contributed by atoms with van der Waals surface area (Å²) in [6.07, 6.45) is 3.85. The van der Waals surface area contributed by atoms with Crippen LogP contribution >= 0.6 is 0 Å². The molecule has 1 fully saturated rings. The molecule has 26 heavy (non-hydrogen) atoms. The summed E-state index contributed by atoms with van der Waals surface area (Å²) in [4.78, 5) is 18.5. The molecule has 0 bridgehead atoms. The van der Waals surface area contributed by atoms with E-state index in [1.807, 2.05) is 37.3 Å². The minimum Gasteiger partial charge on any atom is -0.494 e. The van der Waals surface area contributed by atoms with E-state index in [9.17, 15) is 4.79 Å². The first-order valence-corrected chi connectivity index (χ1v) is 9.54. The first kappa shape index (κ1) is 20.1. The maximum atomic E-state index is 12.0. The van der Waals surface area contributed by atoms with Crippen molar-refractivity contribution in [1.82, 2.24) is 10.2 Å². The van der Waals surface area contributed by atoms with Gasteiger partial charge in [0.05, 0.1) is 19.1 Å². The first-order valence-electron chi connectivity index (χ1n) is 9.54. The van der Waals surface area contributed by atoms with Crippen molar-refractivity contribution in [2.45, 2.75) is 32.6 Å². The van der Waals surface area contributed by atoms with Crippen molar-refractivity contribution < 1.29 is 14.3 Å². The molecule has 2 rings (SSSR count). The molecule has 6 heteroatoms. The second-order valence-corrected chi connectivity index (χ2v) is 6.38. The average molecular weight is 361 g/mol. The monoisotopic (exact) mass is 361 g/mol. The molecule has 0 amide bonds. The number of nitrogens with one attached hydrogen (secondary N) is 1. The Morgan fingerprint density at radius 1 is 1.31 bits per heavy atom. The second kappa shape index (κ2) is 11.4.